The largest absolute Gasteiger partial charge is 0.449 e. The minimum Gasteiger partial charge on any atom is -0.449 e. The van der Waals surface area contributed by atoms with Crippen LogP contribution in [0, 0.1) is 11.8 Å². The van der Waals surface area contributed by atoms with Gasteiger partial charge in [-0.05, 0) is 36.5 Å². The van der Waals surface area contributed by atoms with E-state index in [1.807, 2.05) is 31.2 Å². The monoisotopic (exact) mass is 329 g/mol. The second kappa shape index (κ2) is 7.47. The topological polar surface area (TPSA) is 79.8 Å². The summed E-state index contributed by atoms with van der Waals surface area (Å²) >= 11 is 0. The lowest BCUT2D eigenvalue weighted by atomic mass is 9.94. The van der Waals surface area contributed by atoms with Crippen LogP contribution in [0.25, 0.3) is 0 Å². The van der Waals surface area contributed by atoms with E-state index >= 15 is 0 Å². The van der Waals surface area contributed by atoms with E-state index in [0.29, 0.717) is 24.6 Å². The smallest absolute Gasteiger partial charge is 0.411 e. The fourth-order valence-electron chi connectivity index (χ4n) is 3.25. The van der Waals surface area contributed by atoms with Crippen molar-refractivity contribution in [2.75, 3.05) is 11.9 Å². The van der Waals surface area contributed by atoms with E-state index in [0.717, 1.165) is 24.1 Å². The van der Waals surface area contributed by atoms with Crippen molar-refractivity contribution in [1.29, 1.82) is 0 Å². The van der Waals surface area contributed by atoms with Crippen molar-refractivity contribution in [3.8, 4) is 0 Å². The van der Waals surface area contributed by atoms with E-state index in [-0.39, 0.29) is 11.8 Å². The number of rotatable bonds is 4. The van der Waals surface area contributed by atoms with Gasteiger partial charge < -0.3 is 4.74 Å². The summed E-state index contributed by atoms with van der Waals surface area (Å²) in [6.45, 7) is 2.47. The number of carbonyl (C=O) groups is 2. The molecule has 1 aromatic carbocycles. The summed E-state index contributed by atoms with van der Waals surface area (Å²) in [6.07, 6.45) is 4.80. The minimum atomic E-state index is -0.412. The van der Waals surface area contributed by atoms with E-state index in [1.165, 1.54) is 12.8 Å². The number of ether oxygens (including phenoxy) is 1. The molecule has 0 bridgehead atoms. The zero-order valence-corrected chi connectivity index (χ0v) is 13.9. The van der Waals surface area contributed by atoms with Gasteiger partial charge in [0.15, 0.2) is 0 Å². The predicted molar refractivity (Wildman–Crippen MR) is 91.8 cm³/mol. The summed E-state index contributed by atoms with van der Waals surface area (Å²) in [5.74, 6) is 0.530. The van der Waals surface area contributed by atoms with Crippen molar-refractivity contribution in [3.05, 3.63) is 29.8 Å². The summed E-state index contributed by atoms with van der Waals surface area (Å²) < 4.78 is 5.28. The summed E-state index contributed by atoms with van der Waals surface area (Å²) in [5, 5.41) is 6.87. The van der Waals surface area contributed by atoms with Gasteiger partial charge in [-0.15, -0.1) is 0 Å². The molecule has 0 radical (unpaired) electrons. The Labute approximate surface area is 141 Å². The number of carbonyl (C=O) groups excluding carboxylic acids is 2. The number of hydrogen-bond acceptors (Lipinski definition) is 4. The van der Waals surface area contributed by atoms with Crippen LogP contribution in [0.2, 0.25) is 0 Å². The number of hydrazone groups is 1. The maximum atomic E-state index is 11.8. The maximum Gasteiger partial charge on any atom is 0.411 e. The highest BCUT2D eigenvalue weighted by Crippen LogP contribution is 2.25. The molecule has 0 aromatic heterocycles. The average molecular weight is 329 g/mol. The van der Waals surface area contributed by atoms with Crippen LogP contribution >= 0.6 is 0 Å². The lowest BCUT2D eigenvalue weighted by Crippen LogP contribution is -2.31. The van der Waals surface area contributed by atoms with Gasteiger partial charge in [0.25, 0.3) is 0 Å². The zero-order chi connectivity index (χ0) is 16.9. The van der Waals surface area contributed by atoms with Crippen LogP contribution in [0.4, 0.5) is 10.5 Å². The van der Waals surface area contributed by atoms with Crippen molar-refractivity contribution >= 4 is 23.4 Å². The van der Waals surface area contributed by atoms with Crippen molar-refractivity contribution in [2.24, 2.45) is 16.9 Å². The first-order chi connectivity index (χ1) is 11.6. The molecular weight excluding hydrogens is 306 g/mol. The molecule has 1 aliphatic heterocycles. The van der Waals surface area contributed by atoms with Gasteiger partial charge in [-0.25, -0.2) is 10.2 Å². The normalized spacial score (nSPS) is 21.1. The average Bonchev–Trinajstić information content (AvgIpc) is 3.07. The molecule has 1 unspecified atom stereocenters. The Hall–Kier alpha value is -2.37. The molecule has 1 aliphatic carbocycles. The van der Waals surface area contributed by atoms with Crippen LogP contribution in [0.15, 0.2) is 29.4 Å². The fraction of sp³-hybridized carbons (Fsp3) is 0.500. The molecule has 2 aliphatic rings. The van der Waals surface area contributed by atoms with Crippen LogP contribution in [0.1, 0.15) is 44.6 Å². The first-order valence-corrected chi connectivity index (χ1v) is 8.52. The Balaban J connectivity index is 1.54. The number of hydrogen-bond donors (Lipinski definition) is 2. The Morgan fingerprint density at radius 1 is 1.29 bits per heavy atom. The number of anilines is 1. The minimum absolute atomic E-state index is 0.0606. The highest BCUT2D eigenvalue weighted by Gasteiger charge is 2.21. The van der Waals surface area contributed by atoms with E-state index < -0.39 is 6.09 Å². The molecule has 0 spiro atoms. The third kappa shape index (κ3) is 4.13. The second-order valence-electron chi connectivity index (χ2n) is 6.59. The fourth-order valence-corrected chi connectivity index (χ4v) is 3.25. The van der Waals surface area contributed by atoms with Gasteiger partial charge in [0.2, 0.25) is 5.91 Å². The molecule has 2 N–H and O–H groups in total. The third-order valence-corrected chi connectivity index (χ3v) is 4.61. The van der Waals surface area contributed by atoms with Gasteiger partial charge in [-0.1, -0.05) is 31.9 Å². The van der Waals surface area contributed by atoms with Gasteiger partial charge in [0.05, 0.1) is 12.3 Å². The van der Waals surface area contributed by atoms with Crippen LogP contribution < -0.4 is 10.7 Å². The third-order valence-electron chi connectivity index (χ3n) is 4.61. The maximum absolute atomic E-state index is 11.8. The number of benzene rings is 1. The van der Waals surface area contributed by atoms with E-state index in [4.69, 9.17) is 4.74 Å². The molecule has 1 saturated carbocycles. The number of amides is 2. The predicted octanol–water partition coefficient (Wildman–Crippen LogP) is 3.29. The standard InChI is InChI=1S/C18H23N3O3/c1-12-10-16(22)20-21-17(12)14-6-8-15(9-7-14)19-18(23)24-11-13-4-2-3-5-13/h6-9,12-13H,2-5,10-11H2,1H3,(H,19,23)(H,20,22). The van der Waals surface area contributed by atoms with Crippen LogP contribution in [0.5, 0.6) is 0 Å². The quantitative estimate of drug-likeness (QED) is 0.889. The molecule has 3 rings (SSSR count). The Morgan fingerprint density at radius 3 is 2.67 bits per heavy atom. The summed E-state index contributed by atoms with van der Waals surface area (Å²) in [7, 11) is 0. The number of nitrogens with zero attached hydrogens (tertiary/aromatic N) is 1. The Kier molecular flexibility index (Phi) is 5.13. The van der Waals surface area contributed by atoms with Crippen LogP contribution in [0.3, 0.4) is 0 Å². The van der Waals surface area contributed by atoms with E-state index in [1.54, 1.807) is 0 Å². The van der Waals surface area contributed by atoms with Crippen LogP contribution in [-0.2, 0) is 9.53 Å². The van der Waals surface area contributed by atoms with Crippen molar-refractivity contribution in [1.82, 2.24) is 5.43 Å². The molecule has 2 amide bonds. The zero-order valence-electron chi connectivity index (χ0n) is 13.9. The van der Waals surface area contributed by atoms with Gasteiger partial charge in [-0.2, -0.15) is 5.10 Å². The molecular formula is C18H23N3O3. The van der Waals surface area contributed by atoms with Gasteiger partial charge in [-0.3, -0.25) is 10.1 Å². The Bertz CT molecular complexity index is 633. The summed E-state index contributed by atoms with van der Waals surface area (Å²) in [6, 6.07) is 7.41. The second-order valence-corrected chi connectivity index (χ2v) is 6.59. The molecule has 1 aromatic rings. The van der Waals surface area contributed by atoms with Crippen molar-refractivity contribution in [3.63, 3.8) is 0 Å². The van der Waals surface area contributed by atoms with Gasteiger partial charge >= 0.3 is 6.09 Å². The first kappa shape index (κ1) is 16.5. The Morgan fingerprint density at radius 2 is 2.00 bits per heavy atom. The lowest BCUT2D eigenvalue weighted by molar-refractivity contribution is -0.121. The van der Waals surface area contributed by atoms with Crippen molar-refractivity contribution < 1.29 is 14.3 Å². The molecule has 1 atom stereocenters. The lowest BCUT2D eigenvalue weighted by Gasteiger charge is -2.19. The van der Waals surface area contributed by atoms with Gasteiger partial charge in [0, 0.05) is 18.0 Å². The molecule has 6 nitrogen and oxygen atoms in total. The van der Waals surface area contributed by atoms with Crippen LogP contribution in [-0.4, -0.2) is 24.3 Å². The van der Waals surface area contributed by atoms with E-state index in [2.05, 4.69) is 15.8 Å². The molecule has 1 heterocycles. The first-order valence-electron chi connectivity index (χ1n) is 8.52. The van der Waals surface area contributed by atoms with E-state index in [9.17, 15) is 9.59 Å². The number of nitrogens with one attached hydrogen (secondary N) is 2. The van der Waals surface area contributed by atoms with Gasteiger partial charge in [0.1, 0.15) is 0 Å². The molecule has 24 heavy (non-hydrogen) atoms. The summed E-state index contributed by atoms with van der Waals surface area (Å²) in [4.78, 5) is 23.1. The molecule has 1 fully saturated rings. The molecule has 128 valence electrons. The van der Waals surface area contributed by atoms with Crippen molar-refractivity contribution in [2.45, 2.75) is 39.0 Å². The summed E-state index contributed by atoms with van der Waals surface area (Å²) in [5.41, 5.74) is 4.98. The molecule has 0 saturated heterocycles. The molecule has 6 heteroatoms. The highest BCUT2D eigenvalue weighted by atomic mass is 16.5. The highest BCUT2D eigenvalue weighted by molar-refractivity contribution is 6.06. The SMILES string of the molecule is CC1CC(=O)NN=C1c1ccc(NC(=O)OCC2CCCC2)cc1.